The van der Waals surface area contributed by atoms with Crippen molar-refractivity contribution in [2.24, 2.45) is 17.8 Å². The van der Waals surface area contributed by atoms with Crippen LogP contribution in [0, 0.1) is 17.8 Å². The topological polar surface area (TPSA) is 108 Å². The fourth-order valence-electron chi connectivity index (χ4n) is 4.18. The van der Waals surface area contributed by atoms with Gasteiger partial charge in [0, 0.05) is 27.7 Å². The van der Waals surface area contributed by atoms with Crippen molar-refractivity contribution in [1.29, 1.82) is 0 Å². The molecule has 0 heterocycles. The third-order valence-electron chi connectivity index (χ3n) is 6.20. The molecule has 2 N–H and O–H groups in total. The van der Waals surface area contributed by atoms with E-state index in [1.54, 1.807) is 26.1 Å². The maximum Gasteiger partial charge on any atom is 0.245 e. The summed E-state index contributed by atoms with van der Waals surface area (Å²) in [5.41, 5.74) is 0. The van der Waals surface area contributed by atoms with Gasteiger partial charge < -0.3 is 25.2 Å². The molecular weight excluding hydrogens is 424 g/mol. The number of ether oxygens (including phenoxy) is 1. The van der Waals surface area contributed by atoms with Crippen molar-refractivity contribution in [2.75, 3.05) is 27.7 Å². The second kappa shape index (κ2) is 14.9. The fourth-order valence-corrected chi connectivity index (χ4v) is 4.18. The number of rotatable bonds is 15. The Morgan fingerprint density at radius 2 is 1.58 bits per heavy atom. The van der Waals surface area contributed by atoms with E-state index in [4.69, 9.17) is 4.74 Å². The minimum Gasteiger partial charge on any atom is -0.379 e. The lowest BCUT2D eigenvalue weighted by molar-refractivity contribution is -0.145. The summed E-state index contributed by atoms with van der Waals surface area (Å²) >= 11 is 0. The van der Waals surface area contributed by atoms with Gasteiger partial charge >= 0.3 is 0 Å². The van der Waals surface area contributed by atoms with Crippen LogP contribution in [0.3, 0.4) is 0 Å². The molecule has 0 aromatic heterocycles. The zero-order valence-electron chi connectivity index (χ0n) is 22.2. The van der Waals surface area contributed by atoms with Gasteiger partial charge in [-0.25, -0.2) is 0 Å². The van der Waals surface area contributed by atoms with Crippen LogP contribution in [0.5, 0.6) is 0 Å². The second-order valence-corrected chi connectivity index (χ2v) is 9.45. The first kappa shape index (κ1) is 30.8. The van der Waals surface area contributed by atoms with E-state index in [2.05, 4.69) is 10.6 Å². The maximum absolute atomic E-state index is 13.6. The third-order valence-corrected chi connectivity index (χ3v) is 6.20. The van der Waals surface area contributed by atoms with E-state index in [0.717, 1.165) is 6.42 Å². The number of likely N-dealkylation sites (N-methyl/N-ethyl adjacent to an activating group) is 2. The van der Waals surface area contributed by atoms with E-state index in [1.165, 1.54) is 4.90 Å². The summed E-state index contributed by atoms with van der Waals surface area (Å²) in [5.74, 6) is -0.997. The Bertz CT molecular complexity index is 640. The largest absolute Gasteiger partial charge is 0.379 e. The lowest BCUT2D eigenvalue weighted by Crippen LogP contribution is -2.59. The van der Waals surface area contributed by atoms with Crippen LogP contribution in [0.25, 0.3) is 0 Å². The molecule has 5 atom stereocenters. The molecule has 0 saturated heterocycles. The highest BCUT2D eigenvalue weighted by Crippen LogP contribution is 2.23. The van der Waals surface area contributed by atoms with Crippen molar-refractivity contribution < 1.29 is 23.9 Å². The smallest absolute Gasteiger partial charge is 0.245 e. The van der Waals surface area contributed by atoms with Crippen LogP contribution in [-0.2, 0) is 23.9 Å². The van der Waals surface area contributed by atoms with Gasteiger partial charge in [-0.1, -0.05) is 48.0 Å². The third kappa shape index (κ3) is 8.95. The number of nitrogens with one attached hydrogen (secondary N) is 2. The van der Waals surface area contributed by atoms with E-state index >= 15 is 0 Å². The molecule has 0 rings (SSSR count). The van der Waals surface area contributed by atoms with Gasteiger partial charge in [-0.05, 0) is 24.7 Å². The van der Waals surface area contributed by atoms with Crippen molar-refractivity contribution in [3.05, 3.63) is 0 Å². The first-order valence-electron chi connectivity index (χ1n) is 11.9. The Kier molecular flexibility index (Phi) is 13.9. The molecule has 33 heavy (non-hydrogen) atoms. The predicted molar refractivity (Wildman–Crippen MR) is 129 cm³/mol. The number of carbonyl (C=O) groups excluding carboxylic acids is 4. The van der Waals surface area contributed by atoms with Crippen molar-refractivity contribution in [3.63, 3.8) is 0 Å². The Morgan fingerprint density at radius 1 is 1.00 bits per heavy atom. The molecule has 0 aromatic rings. The average Bonchev–Trinajstić information content (AvgIpc) is 2.75. The van der Waals surface area contributed by atoms with Gasteiger partial charge in [-0.3, -0.25) is 19.2 Å². The molecule has 9 heteroatoms. The van der Waals surface area contributed by atoms with Crippen LogP contribution in [0.1, 0.15) is 61.3 Å². The lowest BCUT2D eigenvalue weighted by atomic mass is 9.89. The molecule has 0 aliphatic carbocycles. The van der Waals surface area contributed by atoms with Crippen molar-refractivity contribution in [3.8, 4) is 0 Å². The van der Waals surface area contributed by atoms with Crippen LogP contribution in [0.15, 0.2) is 0 Å². The van der Waals surface area contributed by atoms with E-state index in [9.17, 15) is 19.2 Å². The van der Waals surface area contributed by atoms with Crippen LogP contribution in [-0.4, -0.2) is 85.9 Å². The molecular formula is C24H46N4O5. The molecule has 0 bridgehead atoms. The highest BCUT2D eigenvalue weighted by Gasteiger charge is 2.38. The highest BCUT2D eigenvalue weighted by atomic mass is 16.5. The van der Waals surface area contributed by atoms with E-state index in [1.807, 2.05) is 48.5 Å². The van der Waals surface area contributed by atoms with Gasteiger partial charge in [0.1, 0.15) is 12.1 Å². The average molecular weight is 471 g/mol. The number of methoxy groups -OCH3 is 1. The van der Waals surface area contributed by atoms with Gasteiger partial charge in [0.25, 0.3) is 0 Å². The van der Waals surface area contributed by atoms with Crippen LogP contribution in [0.2, 0.25) is 0 Å². The van der Waals surface area contributed by atoms with E-state index in [-0.39, 0.29) is 47.9 Å². The van der Waals surface area contributed by atoms with Gasteiger partial charge in [-0.2, -0.15) is 0 Å². The van der Waals surface area contributed by atoms with Gasteiger partial charge in [0.15, 0.2) is 0 Å². The standard InChI is InChI=1S/C24H46N4O5/c1-11-17(7)22(18(33-10)13-19(30)25-12-2)28(9)24(32)20(15(3)4)26-23(31)21(16(5)6)27(8)14-29/h14-18,20-22H,11-13H2,1-10H3,(H,25,30)(H,26,31)/t17-,18+,20-,21-,22-/m0/s1. The minimum absolute atomic E-state index is 0.0615. The quantitative estimate of drug-likeness (QED) is 0.354. The minimum atomic E-state index is -0.780. The summed E-state index contributed by atoms with van der Waals surface area (Å²) in [6.07, 6.45) is 1.05. The molecule has 0 spiro atoms. The number of hydrogen-bond acceptors (Lipinski definition) is 5. The first-order chi connectivity index (χ1) is 15.4. The second-order valence-electron chi connectivity index (χ2n) is 9.45. The maximum atomic E-state index is 13.6. The normalized spacial score (nSPS) is 15.9. The summed E-state index contributed by atoms with van der Waals surface area (Å²) in [6.45, 7) is 13.9. The number of nitrogens with zero attached hydrogens (tertiary/aromatic N) is 2. The van der Waals surface area contributed by atoms with Crippen molar-refractivity contribution >= 4 is 24.1 Å². The van der Waals surface area contributed by atoms with Gasteiger partial charge in [0.05, 0.1) is 18.6 Å². The number of hydrogen-bond donors (Lipinski definition) is 2. The summed E-state index contributed by atoms with van der Waals surface area (Å²) in [7, 11) is 4.79. The van der Waals surface area contributed by atoms with Crippen molar-refractivity contribution in [1.82, 2.24) is 20.4 Å². The van der Waals surface area contributed by atoms with Crippen LogP contribution < -0.4 is 10.6 Å². The summed E-state index contributed by atoms with van der Waals surface area (Å²) in [6, 6.07) is -1.82. The molecule has 0 aliphatic rings. The Balaban J connectivity index is 5.90. The van der Waals surface area contributed by atoms with Gasteiger partial charge in [-0.15, -0.1) is 0 Å². The van der Waals surface area contributed by atoms with Crippen LogP contribution >= 0.6 is 0 Å². The molecule has 0 saturated carbocycles. The highest BCUT2D eigenvalue weighted by molar-refractivity contribution is 5.91. The molecule has 192 valence electrons. The Hall–Kier alpha value is -2.16. The SMILES string of the molecule is CCNC(=O)C[C@@H](OC)[C@H]([C@@H](C)CC)N(C)C(=O)[C@@H](NC(=O)[C@H](C(C)C)N(C)C=O)C(C)C. The van der Waals surface area contributed by atoms with Gasteiger partial charge in [0.2, 0.25) is 24.1 Å². The zero-order valence-corrected chi connectivity index (χ0v) is 22.2. The first-order valence-corrected chi connectivity index (χ1v) is 11.9. The summed E-state index contributed by atoms with van der Waals surface area (Å²) in [4.78, 5) is 53.1. The van der Waals surface area contributed by atoms with Crippen molar-refractivity contribution in [2.45, 2.75) is 85.5 Å². The molecule has 4 amide bonds. The number of carbonyl (C=O) groups is 4. The molecule has 0 radical (unpaired) electrons. The predicted octanol–water partition coefficient (Wildman–Crippen LogP) is 1.65. The molecule has 9 nitrogen and oxygen atoms in total. The monoisotopic (exact) mass is 470 g/mol. The molecule has 0 aliphatic heterocycles. The number of amides is 4. The van der Waals surface area contributed by atoms with E-state index < -0.39 is 18.2 Å². The van der Waals surface area contributed by atoms with E-state index in [0.29, 0.717) is 13.0 Å². The lowest BCUT2D eigenvalue weighted by Gasteiger charge is -2.40. The Morgan fingerprint density at radius 3 is 1.97 bits per heavy atom. The summed E-state index contributed by atoms with van der Waals surface area (Å²) < 4.78 is 5.67. The molecule has 0 aromatic carbocycles. The molecule has 0 unspecified atom stereocenters. The fraction of sp³-hybridized carbons (Fsp3) is 0.833. The summed E-state index contributed by atoms with van der Waals surface area (Å²) in [5, 5.41) is 5.66. The zero-order chi connectivity index (χ0) is 25.9. The Labute approximate surface area is 200 Å². The van der Waals surface area contributed by atoms with Crippen LogP contribution in [0.4, 0.5) is 0 Å². The molecule has 0 fully saturated rings.